The fourth-order valence-corrected chi connectivity index (χ4v) is 4.01. The minimum absolute atomic E-state index is 0.140. The first-order chi connectivity index (χ1) is 15.8. The molecular weight excluding hydrogens is 576 g/mol. The van der Waals surface area contributed by atoms with E-state index in [0.717, 1.165) is 8.95 Å². The third-order valence-electron chi connectivity index (χ3n) is 4.60. The predicted molar refractivity (Wildman–Crippen MR) is 136 cm³/mol. The van der Waals surface area contributed by atoms with Crippen molar-refractivity contribution in [2.45, 2.75) is 0 Å². The van der Waals surface area contributed by atoms with Crippen LogP contribution >= 0.6 is 43.5 Å². The highest BCUT2D eigenvalue weighted by Gasteiger charge is 2.21. The van der Waals surface area contributed by atoms with Crippen molar-refractivity contribution in [1.29, 1.82) is 0 Å². The average Bonchev–Trinajstić information content (AvgIpc) is 3.12. The molecule has 0 fully saturated rings. The Kier molecular flexibility index (Phi) is 6.83. The number of aromatic nitrogens is 1. The van der Waals surface area contributed by atoms with Crippen LogP contribution in [0.1, 0.15) is 10.5 Å². The lowest BCUT2D eigenvalue weighted by molar-refractivity contribution is -0.133. The number of nitrogens with zero attached hydrogens (tertiary/aromatic N) is 1. The number of hydrogen-bond acceptors (Lipinski definition) is 3. The van der Waals surface area contributed by atoms with Crippen LogP contribution in [0.25, 0.3) is 10.9 Å². The monoisotopic (exact) mass is 588 g/mol. The molecule has 4 aromatic rings. The molecule has 33 heavy (non-hydrogen) atoms. The lowest BCUT2D eigenvalue weighted by atomic mass is 10.2. The number of carbonyl (C=O) groups is 3. The Morgan fingerprint density at radius 2 is 1.48 bits per heavy atom. The second-order valence-electron chi connectivity index (χ2n) is 6.93. The number of benzene rings is 3. The molecule has 0 aliphatic rings. The maximum Gasteiger partial charge on any atom is 0.328 e. The summed E-state index contributed by atoms with van der Waals surface area (Å²) in [5.74, 6) is -2.29. The highest BCUT2D eigenvalue weighted by atomic mass is 79.9. The Morgan fingerprint density at radius 3 is 2.21 bits per heavy atom. The molecule has 3 N–H and O–H groups in total. The molecule has 0 aliphatic carbocycles. The maximum absolute atomic E-state index is 13.0. The molecule has 3 amide bonds. The van der Waals surface area contributed by atoms with Crippen LogP contribution in [0.5, 0.6) is 0 Å². The predicted octanol–water partition coefficient (Wildman–Crippen LogP) is 5.78. The third-order valence-corrected chi connectivity index (χ3v) is 5.84. The fraction of sp³-hybridized carbons (Fsp3) is 0. The van der Waals surface area contributed by atoms with Crippen molar-refractivity contribution < 1.29 is 14.4 Å². The van der Waals surface area contributed by atoms with Crippen LogP contribution < -0.4 is 16.1 Å². The molecule has 166 valence electrons. The summed E-state index contributed by atoms with van der Waals surface area (Å²) in [7, 11) is 0. The lowest BCUT2D eigenvalue weighted by Gasteiger charge is -2.13. The lowest BCUT2D eigenvalue weighted by Crippen LogP contribution is -2.36. The molecular formula is C23H15Br2ClN4O3. The van der Waals surface area contributed by atoms with E-state index in [0.29, 0.717) is 27.3 Å². The van der Waals surface area contributed by atoms with E-state index in [9.17, 15) is 14.4 Å². The van der Waals surface area contributed by atoms with E-state index in [1.165, 1.54) is 4.68 Å². The highest BCUT2D eigenvalue weighted by Crippen LogP contribution is 2.24. The summed E-state index contributed by atoms with van der Waals surface area (Å²) in [4.78, 5) is 38.2. The zero-order valence-electron chi connectivity index (χ0n) is 16.7. The van der Waals surface area contributed by atoms with E-state index >= 15 is 0 Å². The molecule has 0 aliphatic heterocycles. The van der Waals surface area contributed by atoms with Crippen LogP contribution in [0.15, 0.2) is 81.7 Å². The summed E-state index contributed by atoms with van der Waals surface area (Å²) >= 11 is 12.6. The van der Waals surface area contributed by atoms with Gasteiger partial charge in [0.25, 0.3) is 5.91 Å². The van der Waals surface area contributed by atoms with Crippen LogP contribution in [0.2, 0.25) is 5.02 Å². The summed E-state index contributed by atoms with van der Waals surface area (Å²) < 4.78 is 2.84. The van der Waals surface area contributed by atoms with Crippen molar-refractivity contribution in [2.75, 3.05) is 16.1 Å². The van der Waals surface area contributed by atoms with Crippen molar-refractivity contribution in [3.63, 3.8) is 0 Å². The quantitative estimate of drug-likeness (QED) is 0.263. The number of halogens is 3. The van der Waals surface area contributed by atoms with E-state index < -0.39 is 17.7 Å². The first-order valence-corrected chi connectivity index (χ1v) is 11.5. The number of anilines is 2. The standard InChI is InChI=1S/C23H15Br2ClN4O3/c24-14-2-1-3-18(12-14)28-22(32)23(33)29-30-19-9-4-15(25)10-13(19)11-20(30)21(31)27-17-7-5-16(26)6-8-17/h1-12H,(H,27,31)(H,28,32)(H,29,33). The van der Waals surface area contributed by atoms with Gasteiger partial charge in [0.05, 0.1) is 5.52 Å². The Balaban J connectivity index is 1.62. The van der Waals surface area contributed by atoms with Crippen LogP contribution in [0.3, 0.4) is 0 Å². The van der Waals surface area contributed by atoms with Crippen molar-refractivity contribution in [3.8, 4) is 0 Å². The average molecular weight is 591 g/mol. The zero-order chi connectivity index (χ0) is 23.5. The summed E-state index contributed by atoms with van der Waals surface area (Å²) in [5.41, 5.74) is 4.18. The van der Waals surface area contributed by atoms with Gasteiger partial charge in [-0.25, -0.2) is 4.68 Å². The van der Waals surface area contributed by atoms with Crippen molar-refractivity contribution in [3.05, 3.63) is 92.5 Å². The molecule has 0 atom stereocenters. The SMILES string of the molecule is O=C(Nc1cccc(Br)c1)C(=O)Nn1c(C(=O)Nc2ccc(Cl)cc2)cc2cc(Br)ccc21. The van der Waals surface area contributed by atoms with E-state index in [-0.39, 0.29) is 5.69 Å². The molecule has 10 heteroatoms. The molecule has 0 saturated carbocycles. The van der Waals surface area contributed by atoms with E-state index in [2.05, 4.69) is 47.9 Å². The summed E-state index contributed by atoms with van der Waals surface area (Å²) in [5, 5.41) is 6.52. The van der Waals surface area contributed by atoms with Crippen molar-refractivity contribution in [2.24, 2.45) is 0 Å². The van der Waals surface area contributed by atoms with Gasteiger partial charge >= 0.3 is 11.8 Å². The first kappa shape index (κ1) is 23.0. The van der Waals surface area contributed by atoms with E-state index in [1.54, 1.807) is 72.8 Å². The molecule has 0 radical (unpaired) electrons. The minimum Gasteiger partial charge on any atom is -0.321 e. The molecule has 4 rings (SSSR count). The van der Waals surface area contributed by atoms with Crippen molar-refractivity contribution in [1.82, 2.24) is 4.68 Å². The van der Waals surface area contributed by atoms with Gasteiger partial charge in [-0.2, -0.15) is 0 Å². The highest BCUT2D eigenvalue weighted by molar-refractivity contribution is 9.10. The van der Waals surface area contributed by atoms with Gasteiger partial charge in [-0.1, -0.05) is 49.5 Å². The summed E-state index contributed by atoms with van der Waals surface area (Å²) in [6.45, 7) is 0. The van der Waals surface area contributed by atoms with Crippen LogP contribution in [-0.2, 0) is 9.59 Å². The third kappa shape index (κ3) is 5.44. The molecule has 0 unspecified atom stereocenters. The normalized spacial score (nSPS) is 10.6. The molecule has 7 nitrogen and oxygen atoms in total. The second kappa shape index (κ2) is 9.78. The Bertz CT molecular complexity index is 1390. The Hall–Kier alpha value is -3.14. The first-order valence-electron chi connectivity index (χ1n) is 9.56. The van der Waals surface area contributed by atoms with Crippen molar-refractivity contribution >= 4 is 83.5 Å². The summed E-state index contributed by atoms with van der Waals surface area (Å²) in [6.07, 6.45) is 0. The Morgan fingerprint density at radius 1 is 0.758 bits per heavy atom. The van der Waals surface area contributed by atoms with Gasteiger partial charge in [0, 0.05) is 30.7 Å². The zero-order valence-corrected chi connectivity index (χ0v) is 20.7. The molecule has 0 saturated heterocycles. The molecule has 1 aromatic heterocycles. The van der Waals surface area contributed by atoms with Gasteiger partial charge in [-0.15, -0.1) is 0 Å². The molecule has 3 aromatic carbocycles. The van der Waals surface area contributed by atoms with Gasteiger partial charge < -0.3 is 10.6 Å². The summed E-state index contributed by atoms with van der Waals surface area (Å²) in [6, 6.07) is 20.4. The van der Waals surface area contributed by atoms with Crippen LogP contribution in [0, 0.1) is 0 Å². The minimum atomic E-state index is -0.934. The number of rotatable bonds is 4. The topological polar surface area (TPSA) is 92.2 Å². The number of nitrogens with one attached hydrogen (secondary N) is 3. The largest absolute Gasteiger partial charge is 0.328 e. The van der Waals surface area contributed by atoms with Gasteiger partial charge in [0.2, 0.25) is 0 Å². The number of carbonyl (C=O) groups excluding carboxylic acids is 3. The second-order valence-corrected chi connectivity index (χ2v) is 9.20. The van der Waals surface area contributed by atoms with E-state index in [4.69, 9.17) is 11.6 Å². The van der Waals surface area contributed by atoms with E-state index in [1.807, 2.05) is 0 Å². The van der Waals surface area contributed by atoms with Gasteiger partial charge in [0.1, 0.15) is 5.69 Å². The molecule has 0 bridgehead atoms. The number of amides is 3. The van der Waals surface area contributed by atoms with Gasteiger partial charge in [-0.3, -0.25) is 19.8 Å². The number of fused-ring (bicyclic) bond motifs is 1. The fourth-order valence-electron chi connectivity index (χ4n) is 3.11. The van der Waals surface area contributed by atoms with Gasteiger partial charge in [0.15, 0.2) is 0 Å². The van der Waals surface area contributed by atoms with Gasteiger partial charge in [-0.05, 0) is 66.7 Å². The smallest absolute Gasteiger partial charge is 0.321 e. The van der Waals surface area contributed by atoms with Crippen LogP contribution in [-0.4, -0.2) is 22.4 Å². The number of hydrogen-bond donors (Lipinski definition) is 3. The maximum atomic E-state index is 13.0. The Labute approximate surface area is 210 Å². The van der Waals surface area contributed by atoms with Crippen LogP contribution in [0.4, 0.5) is 11.4 Å². The molecule has 0 spiro atoms. The molecule has 1 heterocycles.